The Bertz CT molecular complexity index is 495. The van der Waals surface area contributed by atoms with E-state index in [1.807, 2.05) is 6.26 Å². The summed E-state index contributed by atoms with van der Waals surface area (Å²) in [5, 5.41) is 14.8. The number of carboxylic acids is 1. The van der Waals surface area contributed by atoms with Crippen LogP contribution in [0.5, 0.6) is 0 Å². The fourth-order valence-corrected chi connectivity index (χ4v) is 3.71. The lowest BCUT2D eigenvalue weighted by molar-refractivity contribution is -0.139. The molecule has 1 aromatic heterocycles. The first-order valence-electron chi connectivity index (χ1n) is 6.88. The zero-order valence-corrected chi connectivity index (χ0v) is 13.5. The Morgan fingerprint density at radius 2 is 2.19 bits per heavy atom. The summed E-state index contributed by atoms with van der Waals surface area (Å²) >= 11 is 3.03. The van der Waals surface area contributed by atoms with Gasteiger partial charge in [0.1, 0.15) is 6.04 Å². The van der Waals surface area contributed by atoms with Gasteiger partial charge >= 0.3 is 12.0 Å². The molecule has 8 heteroatoms. The average Bonchev–Trinajstić information content (AvgIpc) is 2.85. The molecule has 0 fully saturated rings. The lowest BCUT2D eigenvalue weighted by Crippen LogP contribution is -2.43. The molecule has 0 saturated carbocycles. The molecule has 0 radical (unpaired) electrons. The maximum absolute atomic E-state index is 11.9. The van der Waals surface area contributed by atoms with Gasteiger partial charge in [0.15, 0.2) is 5.13 Å². The van der Waals surface area contributed by atoms with Crippen molar-refractivity contribution in [2.75, 3.05) is 17.3 Å². The van der Waals surface area contributed by atoms with Gasteiger partial charge in [-0.25, -0.2) is 14.6 Å². The monoisotopic (exact) mass is 329 g/mol. The number of fused-ring (bicyclic) bond motifs is 1. The van der Waals surface area contributed by atoms with Gasteiger partial charge in [-0.05, 0) is 44.1 Å². The zero-order valence-electron chi connectivity index (χ0n) is 11.8. The second-order valence-electron chi connectivity index (χ2n) is 4.87. The van der Waals surface area contributed by atoms with Crippen molar-refractivity contribution in [3.63, 3.8) is 0 Å². The standard InChI is InChI=1S/C13H19N3O3S2/c1-20-7-6-9(11(17)18)14-12(19)16-13-15-8-4-2-3-5-10(8)21-13/h9H,2-7H2,1H3,(H,17,18)(H2,14,15,16,19)/t9-/m0/s1. The number of amides is 2. The van der Waals surface area contributed by atoms with Crippen LogP contribution in [0.3, 0.4) is 0 Å². The zero-order chi connectivity index (χ0) is 15.2. The molecule has 0 bridgehead atoms. The molecule has 0 aliphatic heterocycles. The first-order chi connectivity index (χ1) is 10.1. The van der Waals surface area contributed by atoms with Gasteiger partial charge in [0.05, 0.1) is 5.69 Å². The normalized spacial score (nSPS) is 15.1. The van der Waals surface area contributed by atoms with Gasteiger partial charge in [-0.15, -0.1) is 11.3 Å². The van der Waals surface area contributed by atoms with Crippen molar-refractivity contribution in [1.29, 1.82) is 0 Å². The van der Waals surface area contributed by atoms with E-state index in [1.165, 1.54) is 16.2 Å². The number of nitrogens with one attached hydrogen (secondary N) is 2. The summed E-state index contributed by atoms with van der Waals surface area (Å²) in [6.07, 6.45) is 6.58. The number of thiazole rings is 1. The first-order valence-corrected chi connectivity index (χ1v) is 9.09. The molecule has 0 unspecified atom stereocenters. The average molecular weight is 329 g/mol. The Labute approximate surface area is 131 Å². The maximum Gasteiger partial charge on any atom is 0.326 e. The van der Waals surface area contributed by atoms with E-state index in [4.69, 9.17) is 5.11 Å². The highest BCUT2D eigenvalue weighted by Gasteiger charge is 2.21. The minimum Gasteiger partial charge on any atom is -0.480 e. The molecule has 0 aromatic carbocycles. The molecular weight excluding hydrogens is 310 g/mol. The van der Waals surface area contributed by atoms with Crippen LogP contribution < -0.4 is 10.6 Å². The molecule has 2 rings (SSSR count). The third-order valence-corrected chi connectivity index (χ3v) is 5.00. The fraction of sp³-hybridized carbons (Fsp3) is 0.615. The van der Waals surface area contributed by atoms with Crippen LogP contribution in [0.15, 0.2) is 0 Å². The number of carbonyl (C=O) groups excluding carboxylic acids is 1. The van der Waals surface area contributed by atoms with E-state index < -0.39 is 18.0 Å². The molecule has 1 aliphatic carbocycles. The molecule has 2 amide bonds. The highest BCUT2D eigenvalue weighted by atomic mass is 32.2. The minimum absolute atomic E-state index is 0.401. The van der Waals surface area contributed by atoms with Crippen LogP contribution in [-0.4, -0.2) is 40.1 Å². The molecule has 1 atom stereocenters. The van der Waals surface area contributed by atoms with E-state index in [0.29, 0.717) is 17.3 Å². The van der Waals surface area contributed by atoms with E-state index in [0.717, 1.165) is 31.4 Å². The number of urea groups is 1. The third kappa shape index (κ3) is 4.60. The number of thioether (sulfide) groups is 1. The second-order valence-corrected chi connectivity index (χ2v) is 6.94. The number of aromatic nitrogens is 1. The van der Waals surface area contributed by atoms with Crippen molar-refractivity contribution in [3.8, 4) is 0 Å². The van der Waals surface area contributed by atoms with Gasteiger partial charge in [0.25, 0.3) is 0 Å². The molecule has 0 spiro atoms. The van der Waals surface area contributed by atoms with Gasteiger partial charge in [-0.1, -0.05) is 0 Å². The van der Waals surface area contributed by atoms with Gasteiger partial charge < -0.3 is 10.4 Å². The Balaban J connectivity index is 1.91. The summed E-state index contributed by atoms with van der Waals surface area (Å²) in [5.74, 6) is -0.333. The van der Waals surface area contributed by atoms with Gasteiger partial charge in [0, 0.05) is 4.88 Å². The van der Waals surface area contributed by atoms with E-state index in [2.05, 4.69) is 15.6 Å². The summed E-state index contributed by atoms with van der Waals surface area (Å²) in [4.78, 5) is 28.6. The lowest BCUT2D eigenvalue weighted by Gasteiger charge is -2.13. The van der Waals surface area contributed by atoms with Crippen LogP contribution in [0.2, 0.25) is 0 Å². The highest BCUT2D eigenvalue weighted by molar-refractivity contribution is 7.98. The van der Waals surface area contributed by atoms with Crippen molar-refractivity contribution in [2.24, 2.45) is 0 Å². The second kappa shape index (κ2) is 7.65. The molecular formula is C13H19N3O3S2. The van der Waals surface area contributed by atoms with Crippen molar-refractivity contribution < 1.29 is 14.7 Å². The van der Waals surface area contributed by atoms with Crippen molar-refractivity contribution in [2.45, 2.75) is 38.1 Å². The Hall–Kier alpha value is -1.28. The molecule has 3 N–H and O–H groups in total. The Kier molecular flexibility index (Phi) is 5.86. The molecule has 6 nitrogen and oxygen atoms in total. The van der Waals surface area contributed by atoms with E-state index >= 15 is 0 Å². The summed E-state index contributed by atoms with van der Waals surface area (Å²) < 4.78 is 0. The van der Waals surface area contributed by atoms with E-state index in [-0.39, 0.29) is 0 Å². The Morgan fingerprint density at radius 1 is 1.43 bits per heavy atom. The number of anilines is 1. The van der Waals surface area contributed by atoms with Gasteiger partial charge in [0.2, 0.25) is 0 Å². The van der Waals surface area contributed by atoms with Crippen molar-refractivity contribution in [3.05, 3.63) is 10.6 Å². The maximum atomic E-state index is 11.9. The van der Waals surface area contributed by atoms with Crippen molar-refractivity contribution >= 4 is 40.2 Å². The molecule has 0 saturated heterocycles. The quantitative estimate of drug-likeness (QED) is 0.745. The summed E-state index contributed by atoms with van der Waals surface area (Å²) in [6, 6.07) is -1.37. The largest absolute Gasteiger partial charge is 0.480 e. The summed E-state index contributed by atoms with van der Waals surface area (Å²) in [7, 11) is 0. The molecule has 1 aliphatic rings. The van der Waals surface area contributed by atoms with E-state index in [9.17, 15) is 9.59 Å². The topological polar surface area (TPSA) is 91.3 Å². The number of hydrogen-bond acceptors (Lipinski definition) is 5. The van der Waals surface area contributed by atoms with Crippen LogP contribution in [-0.2, 0) is 17.6 Å². The first kappa shape index (κ1) is 16.1. The fourth-order valence-electron chi connectivity index (χ4n) is 2.19. The number of carbonyl (C=O) groups is 2. The predicted octanol–water partition coefficient (Wildman–Crippen LogP) is 2.35. The van der Waals surface area contributed by atoms with Gasteiger partial charge in [-0.3, -0.25) is 5.32 Å². The highest BCUT2D eigenvalue weighted by Crippen LogP contribution is 2.29. The number of hydrogen-bond donors (Lipinski definition) is 3. The number of carboxylic acid groups (broad SMARTS) is 1. The predicted molar refractivity (Wildman–Crippen MR) is 85.3 cm³/mol. The Morgan fingerprint density at radius 3 is 2.86 bits per heavy atom. The van der Waals surface area contributed by atoms with Crippen LogP contribution in [0, 0.1) is 0 Å². The molecule has 1 heterocycles. The van der Waals surface area contributed by atoms with Crippen molar-refractivity contribution in [1.82, 2.24) is 10.3 Å². The number of aryl methyl sites for hydroxylation is 2. The SMILES string of the molecule is CSCC[C@H](NC(=O)Nc1nc2c(s1)CCCC2)C(=O)O. The number of aliphatic carboxylic acids is 1. The lowest BCUT2D eigenvalue weighted by atomic mass is 10.0. The summed E-state index contributed by atoms with van der Waals surface area (Å²) in [6.45, 7) is 0. The van der Waals surface area contributed by atoms with Crippen LogP contribution in [0.25, 0.3) is 0 Å². The van der Waals surface area contributed by atoms with Crippen LogP contribution in [0.1, 0.15) is 29.8 Å². The van der Waals surface area contributed by atoms with Crippen LogP contribution >= 0.6 is 23.1 Å². The molecule has 116 valence electrons. The smallest absolute Gasteiger partial charge is 0.326 e. The number of nitrogens with zero attached hydrogens (tertiary/aromatic N) is 1. The summed E-state index contributed by atoms with van der Waals surface area (Å²) in [5.41, 5.74) is 1.07. The molecule has 1 aromatic rings. The molecule has 21 heavy (non-hydrogen) atoms. The minimum atomic E-state index is -1.02. The third-order valence-electron chi connectivity index (χ3n) is 3.28. The van der Waals surface area contributed by atoms with Gasteiger partial charge in [-0.2, -0.15) is 11.8 Å². The number of rotatable bonds is 6. The van der Waals surface area contributed by atoms with Crippen LogP contribution in [0.4, 0.5) is 9.93 Å². The van der Waals surface area contributed by atoms with E-state index in [1.54, 1.807) is 11.8 Å².